The smallest absolute Gasteiger partial charge is 0.264 e. The standard InChI is InChI=1S/C10H13BrN2O3S/c11-8-5-10(7-12-6-8)17(14,15)13-16-9-3-1-2-4-9/h5-7,9,13H,1-4H2. The van der Waals surface area contributed by atoms with Crippen molar-refractivity contribution >= 4 is 26.0 Å². The Hall–Kier alpha value is -0.500. The molecule has 0 aromatic carbocycles. The van der Waals surface area contributed by atoms with Crippen LogP contribution in [0.4, 0.5) is 0 Å². The van der Waals surface area contributed by atoms with Gasteiger partial charge in [0.1, 0.15) is 4.90 Å². The predicted octanol–water partition coefficient (Wildman–Crippen LogP) is 2.00. The summed E-state index contributed by atoms with van der Waals surface area (Å²) in [6.07, 6.45) is 6.78. The third-order valence-corrected chi connectivity index (χ3v) is 4.21. The van der Waals surface area contributed by atoms with Gasteiger partial charge in [0, 0.05) is 16.9 Å². The van der Waals surface area contributed by atoms with Gasteiger partial charge in [0.05, 0.1) is 6.10 Å². The lowest BCUT2D eigenvalue weighted by Gasteiger charge is -2.11. The van der Waals surface area contributed by atoms with Crippen LogP contribution in [0.5, 0.6) is 0 Å². The molecule has 17 heavy (non-hydrogen) atoms. The van der Waals surface area contributed by atoms with E-state index in [9.17, 15) is 8.42 Å². The van der Waals surface area contributed by atoms with E-state index in [1.165, 1.54) is 18.5 Å². The highest BCUT2D eigenvalue weighted by atomic mass is 79.9. The molecule has 0 atom stereocenters. The molecule has 7 heteroatoms. The van der Waals surface area contributed by atoms with Crippen molar-refractivity contribution in [3.8, 4) is 0 Å². The number of nitrogens with zero attached hydrogens (tertiary/aromatic N) is 1. The van der Waals surface area contributed by atoms with Crippen LogP contribution < -0.4 is 4.89 Å². The zero-order chi connectivity index (χ0) is 12.3. The average Bonchev–Trinajstić information content (AvgIpc) is 2.79. The molecule has 0 spiro atoms. The fourth-order valence-corrected chi connectivity index (χ4v) is 3.08. The van der Waals surface area contributed by atoms with E-state index < -0.39 is 10.0 Å². The molecule has 1 saturated carbocycles. The van der Waals surface area contributed by atoms with Crippen molar-refractivity contribution in [3.63, 3.8) is 0 Å². The van der Waals surface area contributed by atoms with Crippen LogP contribution in [-0.2, 0) is 14.9 Å². The van der Waals surface area contributed by atoms with E-state index in [-0.39, 0.29) is 11.0 Å². The van der Waals surface area contributed by atoms with Crippen molar-refractivity contribution in [2.75, 3.05) is 0 Å². The third-order valence-electron chi connectivity index (χ3n) is 2.62. The van der Waals surface area contributed by atoms with E-state index in [0.29, 0.717) is 4.47 Å². The van der Waals surface area contributed by atoms with Gasteiger partial charge in [-0.1, -0.05) is 17.7 Å². The molecule has 1 aromatic heterocycles. The van der Waals surface area contributed by atoms with Crippen molar-refractivity contribution in [2.45, 2.75) is 36.7 Å². The lowest BCUT2D eigenvalue weighted by molar-refractivity contribution is 0.0223. The summed E-state index contributed by atoms with van der Waals surface area (Å²) in [5, 5.41) is 0. The normalized spacial score (nSPS) is 17.5. The Morgan fingerprint density at radius 2 is 2.06 bits per heavy atom. The Bertz CT molecular complexity index is 486. The molecule has 94 valence electrons. The van der Waals surface area contributed by atoms with Crippen molar-refractivity contribution in [1.82, 2.24) is 9.87 Å². The predicted molar refractivity (Wildman–Crippen MR) is 65.6 cm³/mol. The summed E-state index contributed by atoms with van der Waals surface area (Å²) >= 11 is 3.18. The third kappa shape index (κ3) is 3.48. The zero-order valence-corrected chi connectivity index (χ0v) is 11.5. The molecule has 0 saturated heterocycles. The van der Waals surface area contributed by atoms with Gasteiger partial charge >= 0.3 is 0 Å². The molecule has 0 radical (unpaired) electrons. The maximum atomic E-state index is 11.8. The molecule has 0 amide bonds. The molecule has 1 fully saturated rings. The SMILES string of the molecule is O=S(=O)(NOC1CCCC1)c1cncc(Br)c1. The summed E-state index contributed by atoms with van der Waals surface area (Å²) in [6, 6.07) is 1.48. The molecule has 1 aromatic rings. The highest BCUT2D eigenvalue weighted by Crippen LogP contribution is 2.21. The van der Waals surface area contributed by atoms with E-state index in [4.69, 9.17) is 4.84 Å². The first kappa shape index (κ1) is 12.9. The molecule has 1 aliphatic rings. The first-order chi connectivity index (χ1) is 8.08. The Morgan fingerprint density at radius 3 is 2.71 bits per heavy atom. The van der Waals surface area contributed by atoms with Gasteiger partial charge in [-0.3, -0.25) is 9.82 Å². The minimum Gasteiger partial charge on any atom is -0.284 e. The first-order valence-corrected chi connectivity index (χ1v) is 7.63. The fraction of sp³-hybridized carbons (Fsp3) is 0.500. The topological polar surface area (TPSA) is 68.3 Å². The van der Waals surface area contributed by atoms with Crippen molar-refractivity contribution < 1.29 is 13.3 Å². The van der Waals surface area contributed by atoms with Crippen molar-refractivity contribution in [3.05, 3.63) is 22.9 Å². The number of aromatic nitrogens is 1. The Kier molecular flexibility index (Phi) is 4.13. The maximum Gasteiger partial charge on any atom is 0.264 e. The van der Waals surface area contributed by atoms with E-state index in [0.717, 1.165) is 25.7 Å². The molecule has 0 aliphatic heterocycles. The van der Waals surface area contributed by atoms with Gasteiger partial charge in [-0.2, -0.15) is 0 Å². The molecule has 0 bridgehead atoms. The number of pyridine rings is 1. The van der Waals surface area contributed by atoms with Crippen LogP contribution in [0, 0.1) is 0 Å². The average molecular weight is 321 g/mol. The van der Waals surface area contributed by atoms with E-state index in [1.54, 1.807) is 0 Å². The second kappa shape index (κ2) is 5.43. The van der Waals surface area contributed by atoms with Crippen LogP contribution in [-0.4, -0.2) is 19.5 Å². The Labute approximate surface area is 109 Å². The zero-order valence-electron chi connectivity index (χ0n) is 9.10. The number of sulfonamides is 1. The van der Waals surface area contributed by atoms with Crippen LogP contribution in [0.3, 0.4) is 0 Å². The molecule has 1 aliphatic carbocycles. The number of halogens is 1. The molecule has 0 unspecified atom stereocenters. The highest BCUT2D eigenvalue weighted by molar-refractivity contribution is 9.10. The molecular weight excluding hydrogens is 308 g/mol. The first-order valence-electron chi connectivity index (χ1n) is 5.36. The van der Waals surface area contributed by atoms with Crippen molar-refractivity contribution in [2.24, 2.45) is 0 Å². The van der Waals surface area contributed by atoms with Crippen molar-refractivity contribution in [1.29, 1.82) is 0 Å². The van der Waals surface area contributed by atoms with E-state index in [1.807, 2.05) is 0 Å². The summed E-state index contributed by atoms with van der Waals surface area (Å²) < 4.78 is 24.3. The summed E-state index contributed by atoms with van der Waals surface area (Å²) in [6.45, 7) is 0. The van der Waals surface area contributed by atoms with Gasteiger partial charge in [-0.15, -0.1) is 0 Å². The summed E-state index contributed by atoms with van der Waals surface area (Å²) in [5.41, 5.74) is 0. The van der Waals surface area contributed by atoms with E-state index in [2.05, 4.69) is 25.8 Å². The summed E-state index contributed by atoms with van der Waals surface area (Å²) in [7, 11) is -3.63. The number of hydrogen-bond acceptors (Lipinski definition) is 4. The minimum absolute atomic E-state index is 0.00936. The second-order valence-corrected chi connectivity index (χ2v) is 6.51. The molecule has 1 N–H and O–H groups in total. The van der Waals surface area contributed by atoms with Gasteiger partial charge in [0.25, 0.3) is 10.0 Å². The van der Waals surface area contributed by atoms with Gasteiger partial charge in [0.2, 0.25) is 0 Å². The van der Waals surface area contributed by atoms with Crippen LogP contribution >= 0.6 is 15.9 Å². The Morgan fingerprint density at radius 1 is 1.35 bits per heavy atom. The van der Waals surface area contributed by atoms with Gasteiger partial charge in [-0.25, -0.2) is 8.42 Å². The van der Waals surface area contributed by atoms with Crippen LogP contribution in [0.25, 0.3) is 0 Å². The number of hydrogen-bond donors (Lipinski definition) is 1. The van der Waals surface area contributed by atoms with Crippen LogP contribution in [0.2, 0.25) is 0 Å². The quantitative estimate of drug-likeness (QED) is 0.861. The minimum atomic E-state index is -3.63. The summed E-state index contributed by atoms with van der Waals surface area (Å²) in [4.78, 5) is 11.2. The second-order valence-electron chi connectivity index (χ2n) is 3.95. The molecule has 2 rings (SSSR count). The molecular formula is C10H13BrN2O3S. The van der Waals surface area contributed by atoms with Gasteiger partial charge < -0.3 is 0 Å². The molecule has 5 nitrogen and oxygen atoms in total. The number of rotatable bonds is 4. The summed E-state index contributed by atoms with van der Waals surface area (Å²) in [5.74, 6) is 0. The Balaban J connectivity index is 2.03. The number of nitrogens with one attached hydrogen (secondary N) is 1. The largest absolute Gasteiger partial charge is 0.284 e. The maximum absolute atomic E-state index is 11.8. The fourth-order valence-electron chi connectivity index (χ4n) is 1.73. The van der Waals surface area contributed by atoms with Gasteiger partial charge in [-0.05, 0) is 34.8 Å². The van der Waals surface area contributed by atoms with Crippen LogP contribution in [0.1, 0.15) is 25.7 Å². The monoisotopic (exact) mass is 320 g/mol. The lowest BCUT2D eigenvalue weighted by atomic mass is 10.3. The van der Waals surface area contributed by atoms with Gasteiger partial charge in [0.15, 0.2) is 0 Å². The van der Waals surface area contributed by atoms with E-state index >= 15 is 0 Å². The van der Waals surface area contributed by atoms with Crippen LogP contribution in [0.15, 0.2) is 27.8 Å². The molecule has 1 heterocycles. The lowest BCUT2D eigenvalue weighted by Crippen LogP contribution is -2.28. The highest BCUT2D eigenvalue weighted by Gasteiger charge is 2.20.